The minimum absolute atomic E-state index is 0.00535. The van der Waals surface area contributed by atoms with Crippen LogP contribution in [0.1, 0.15) is 52.7 Å². The van der Waals surface area contributed by atoms with Crippen molar-refractivity contribution >= 4 is 44.6 Å². The number of alkyl halides is 3. The molecular weight excluding hydrogens is 661 g/mol. The highest BCUT2D eigenvalue weighted by Gasteiger charge is 2.32. The summed E-state index contributed by atoms with van der Waals surface area (Å²) in [4.78, 5) is 31.7. The zero-order valence-corrected chi connectivity index (χ0v) is 26.6. The van der Waals surface area contributed by atoms with E-state index in [0.29, 0.717) is 9.35 Å². The largest absolute Gasteiger partial charge is 0.444 e. The smallest absolute Gasteiger partial charge is 0.416 e. The first kappa shape index (κ1) is 34.2. The fourth-order valence-corrected chi connectivity index (χ4v) is 5.32. The number of hydrogen-bond acceptors (Lipinski definition) is 6. The lowest BCUT2D eigenvalue weighted by Crippen LogP contribution is -2.49. The molecule has 1 unspecified atom stereocenters. The van der Waals surface area contributed by atoms with Crippen LogP contribution in [0.25, 0.3) is 11.3 Å². The lowest BCUT2D eigenvalue weighted by atomic mass is 10.0. The summed E-state index contributed by atoms with van der Waals surface area (Å²) in [6.45, 7) is 9.65. The summed E-state index contributed by atoms with van der Waals surface area (Å²) >= 11 is 4.25. The van der Waals surface area contributed by atoms with Gasteiger partial charge in [-0.05, 0) is 93.7 Å². The van der Waals surface area contributed by atoms with Gasteiger partial charge >= 0.3 is 18.4 Å². The molecule has 2 aromatic carbocycles. The molecule has 0 saturated heterocycles. The Morgan fingerprint density at radius 1 is 0.977 bits per heavy atom. The van der Waals surface area contributed by atoms with Crippen molar-refractivity contribution in [2.75, 3.05) is 11.4 Å². The van der Waals surface area contributed by atoms with Crippen molar-refractivity contribution in [2.45, 2.75) is 71.4 Å². The maximum Gasteiger partial charge on any atom is 0.416 e. The van der Waals surface area contributed by atoms with Crippen molar-refractivity contribution in [3.63, 3.8) is 0 Å². The number of rotatable bonds is 7. The number of carbonyl (C=O) groups is 2. The van der Waals surface area contributed by atoms with Crippen LogP contribution in [0.5, 0.6) is 0 Å². The highest BCUT2D eigenvalue weighted by atomic mass is 79.9. The van der Waals surface area contributed by atoms with Crippen molar-refractivity contribution < 1.29 is 41.0 Å². The Morgan fingerprint density at radius 3 is 2.14 bits per heavy atom. The van der Waals surface area contributed by atoms with Gasteiger partial charge < -0.3 is 14.8 Å². The number of carbonyl (C=O) groups excluding carboxylic acids is 2. The van der Waals surface area contributed by atoms with Gasteiger partial charge in [0.2, 0.25) is 0 Å². The molecule has 0 aliphatic heterocycles. The van der Waals surface area contributed by atoms with Crippen LogP contribution in [0.2, 0.25) is 0 Å². The molecule has 1 heterocycles. The third-order valence-electron chi connectivity index (χ3n) is 5.51. The number of hydrogen-bond donors (Lipinski definition) is 1. The molecule has 2 amide bonds. The standard InChI is InChI=1S/C29H31BrF5N3O4S/c1-27(2,3)41-25(39)36-18(14-16-10-12-17(13-11-16)29(33,34)35)15-38(26(40)42-28(4,5)6)24-37-22(23(30)43-24)19-8-7-9-20(31)21(19)32/h7-13,18H,14-15H2,1-6H3,(H,36,39). The molecule has 234 valence electrons. The lowest BCUT2D eigenvalue weighted by molar-refractivity contribution is -0.137. The fourth-order valence-electron chi connectivity index (χ4n) is 3.78. The van der Waals surface area contributed by atoms with Gasteiger partial charge in [-0.1, -0.05) is 29.5 Å². The number of amides is 2. The predicted octanol–water partition coefficient (Wildman–Crippen LogP) is 8.75. The van der Waals surface area contributed by atoms with Crippen molar-refractivity contribution in [1.82, 2.24) is 10.3 Å². The van der Waals surface area contributed by atoms with E-state index in [1.165, 1.54) is 24.3 Å². The van der Waals surface area contributed by atoms with E-state index in [2.05, 4.69) is 26.2 Å². The van der Waals surface area contributed by atoms with Gasteiger partial charge in [-0.2, -0.15) is 13.2 Å². The average molecular weight is 693 g/mol. The number of nitrogens with zero attached hydrogens (tertiary/aromatic N) is 2. The number of anilines is 1. The van der Waals surface area contributed by atoms with E-state index in [4.69, 9.17) is 9.47 Å². The number of ether oxygens (including phenoxy) is 2. The van der Waals surface area contributed by atoms with Crippen molar-refractivity contribution in [3.05, 3.63) is 69.0 Å². The summed E-state index contributed by atoms with van der Waals surface area (Å²) in [7, 11) is 0. The van der Waals surface area contributed by atoms with Gasteiger partial charge in [-0.15, -0.1) is 0 Å². The number of benzene rings is 2. The molecule has 1 aromatic heterocycles. The predicted molar refractivity (Wildman–Crippen MR) is 157 cm³/mol. The summed E-state index contributed by atoms with van der Waals surface area (Å²) in [5.74, 6) is -2.21. The minimum Gasteiger partial charge on any atom is -0.444 e. The van der Waals surface area contributed by atoms with Gasteiger partial charge in [0.15, 0.2) is 16.8 Å². The number of nitrogens with one attached hydrogen (secondary N) is 1. The Balaban J connectivity index is 2.03. The third-order valence-corrected chi connectivity index (χ3v) is 7.24. The van der Waals surface area contributed by atoms with Crippen molar-refractivity contribution in [1.29, 1.82) is 0 Å². The first-order valence-corrected chi connectivity index (χ1v) is 14.6. The van der Waals surface area contributed by atoms with E-state index in [-0.39, 0.29) is 29.4 Å². The second kappa shape index (κ2) is 13.2. The molecule has 1 N–H and O–H groups in total. The van der Waals surface area contributed by atoms with Crippen LogP contribution >= 0.6 is 27.3 Å². The molecule has 43 heavy (non-hydrogen) atoms. The molecule has 3 rings (SSSR count). The van der Waals surface area contributed by atoms with Crippen LogP contribution < -0.4 is 10.2 Å². The molecule has 0 spiro atoms. The Morgan fingerprint density at radius 2 is 1.58 bits per heavy atom. The summed E-state index contributed by atoms with van der Waals surface area (Å²) in [5, 5.41) is 2.71. The number of alkyl carbamates (subject to hydrolysis) is 1. The molecule has 14 heteroatoms. The van der Waals surface area contributed by atoms with E-state index < -0.39 is 52.8 Å². The molecule has 0 aliphatic rings. The van der Waals surface area contributed by atoms with E-state index in [1.54, 1.807) is 41.5 Å². The maximum absolute atomic E-state index is 14.6. The van der Waals surface area contributed by atoms with Gasteiger partial charge in [0.05, 0.1) is 21.9 Å². The molecule has 0 bridgehead atoms. The molecule has 0 aliphatic carbocycles. The second-order valence-electron chi connectivity index (χ2n) is 11.6. The molecule has 7 nitrogen and oxygen atoms in total. The number of thiazole rings is 1. The fraction of sp³-hybridized carbons (Fsp3) is 0.414. The molecule has 3 aromatic rings. The second-order valence-corrected chi connectivity index (χ2v) is 13.8. The van der Waals surface area contributed by atoms with E-state index >= 15 is 0 Å². The van der Waals surface area contributed by atoms with Gasteiger partial charge in [0, 0.05) is 5.56 Å². The highest BCUT2D eigenvalue weighted by Crippen LogP contribution is 2.39. The van der Waals surface area contributed by atoms with Gasteiger partial charge in [-0.25, -0.2) is 23.4 Å². The Kier molecular flexibility index (Phi) is 10.5. The van der Waals surface area contributed by atoms with E-state index in [9.17, 15) is 31.5 Å². The number of halogens is 6. The van der Waals surface area contributed by atoms with E-state index in [0.717, 1.165) is 34.4 Å². The van der Waals surface area contributed by atoms with Gasteiger partial charge in [-0.3, -0.25) is 4.90 Å². The number of aromatic nitrogens is 1. The van der Waals surface area contributed by atoms with Crippen LogP contribution in [0.4, 0.5) is 36.7 Å². The quantitative estimate of drug-likeness (QED) is 0.251. The Labute approximate surface area is 258 Å². The monoisotopic (exact) mass is 691 g/mol. The van der Waals surface area contributed by atoms with Crippen molar-refractivity contribution in [2.24, 2.45) is 0 Å². The van der Waals surface area contributed by atoms with E-state index in [1.807, 2.05) is 0 Å². The summed E-state index contributed by atoms with van der Waals surface area (Å²) in [6.07, 6.45) is -6.22. The molecule has 0 radical (unpaired) electrons. The Bertz CT molecular complexity index is 1450. The summed E-state index contributed by atoms with van der Waals surface area (Å²) in [5.41, 5.74) is -2.33. The van der Waals surface area contributed by atoms with Crippen LogP contribution in [0.3, 0.4) is 0 Å². The maximum atomic E-state index is 14.6. The third kappa shape index (κ3) is 9.88. The average Bonchev–Trinajstić information content (AvgIpc) is 3.22. The minimum atomic E-state index is -4.53. The topological polar surface area (TPSA) is 80.8 Å². The van der Waals surface area contributed by atoms with Crippen LogP contribution in [-0.2, 0) is 22.1 Å². The Hall–Kier alpha value is -3.26. The van der Waals surface area contributed by atoms with Crippen LogP contribution in [0, 0.1) is 11.6 Å². The molecular formula is C29H31BrF5N3O4S. The highest BCUT2D eigenvalue weighted by molar-refractivity contribution is 9.11. The first-order chi connectivity index (χ1) is 19.7. The zero-order chi connectivity index (χ0) is 32.3. The van der Waals surface area contributed by atoms with Crippen molar-refractivity contribution in [3.8, 4) is 11.3 Å². The summed E-state index contributed by atoms with van der Waals surface area (Å²) < 4.78 is 79.2. The molecule has 0 fully saturated rings. The first-order valence-electron chi connectivity index (χ1n) is 13.0. The van der Waals surface area contributed by atoms with Gasteiger partial charge in [0.25, 0.3) is 0 Å². The van der Waals surface area contributed by atoms with Gasteiger partial charge in [0.1, 0.15) is 16.9 Å². The molecule has 0 saturated carbocycles. The van der Waals surface area contributed by atoms with Crippen LogP contribution in [0.15, 0.2) is 46.3 Å². The normalized spacial score (nSPS) is 12.9. The molecule has 1 atom stereocenters. The summed E-state index contributed by atoms with van der Waals surface area (Å²) in [6, 6.07) is 7.08. The SMILES string of the molecule is CC(C)(C)OC(=O)NC(Cc1ccc(C(F)(F)F)cc1)CN(C(=O)OC(C)(C)C)c1nc(-c2cccc(F)c2F)c(Br)s1. The van der Waals surface area contributed by atoms with Crippen LogP contribution in [-0.4, -0.2) is 41.0 Å². The lowest BCUT2D eigenvalue weighted by Gasteiger charge is -2.30. The zero-order valence-electron chi connectivity index (χ0n) is 24.2.